The van der Waals surface area contributed by atoms with Crippen LogP contribution < -0.4 is 4.90 Å². The van der Waals surface area contributed by atoms with Crippen molar-refractivity contribution in [3.8, 4) is 0 Å². The minimum Gasteiger partial charge on any atom is -0.495 e. The van der Waals surface area contributed by atoms with Crippen LogP contribution in [0, 0.1) is 5.92 Å². The maximum absolute atomic E-state index is 13.9. The Morgan fingerprint density at radius 3 is 2.02 bits per heavy atom. The predicted molar refractivity (Wildman–Crippen MR) is 168 cm³/mol. The second-order valence-corrected chi connectivity index (χ2v) is 13.6. The molecule has 0 bridgehead atoms. The maximum atomic E-state index is 13.9. The van der Waals surface area contributed by atoms with Crippen LogP contribution in [0.3, 0.4) is 0 Å². The van der Waals surface area contributed by atoms with Gasteiger partial charge in [0.25, 0.3) is 0 Å². The van der Waals surface area contributed by atoms with Gasteiger partial charge in [0.2, 0.25) is 11.5 Å². The number of halogens is 6. The second kappa shape index (κ2) is 11.7. The summed E-state index contributed by atoms with van der Waals surface area (Å²) >= 11 is 0. The van der Waals surface area contributed by atoms with Crippen LogP contribution in [0.5, 0.6) is 0 Å². The van der Waals surface area contributed by atoms with Crippen molar-refractivity contribution in [2.75, 3.05) is 38.8 Å². The van der Waals surface area contributed by atoms with E-state index in [0.717, 1.165) is 18.2 Å². The first-order valence-electron chi connectivity index (χ1n) is 15.4. The predicted octanol–water partition coefficient (Wildman–Crippen LogP) is 8.49. The summed E-state index contributed by atoms with van der Waals surface area (Å²) in [6.45, 7) is 12.4. The zero-order valence-corrected chi connectivity index (χ0v) is 27.7. The SMILES string of the molecule is COCCN1C(=CC2=C(OC)C(=CC3=[N+](CC(C)C)c4ccc(C(F)(F)F)cc4C3(C)C)C2=O)C(C)(C)c2cc(C(F)(F)F)ccc21. The number of fused-ring (bicyclic) bond motifs is 2. The van der Waals surface area contributed by atoms with Crippen molar-refractivity contribution in [1.29, 1.82) is 0 Å². The molecule has 47 heavy (non-hydrogen) atoms. The zero-order valence-electron chi connectivity index (χ0n) is 27.7. The molecule has 0 aromatic heterocycles. The monoisotopic (exact) mass is 661 g/mol. The molecule has 1 aliphatic carbocycles. The van der Waals surface area contributed by atoms with E-state index in [1.54, 1.807) is 12.2 Å². The van der Waals surface area contributed by atoms with Gasteiger partial charge in [0.15, 0.2) is 12.3 Å². The first-order valence-corrected chi connectivity index (χ1v) is 15.4. The van der Waals surface area contributed by atoms with Crippen molar-refractivity contribution >= 4 is 22.9 Å². The molecule has 0 saturated heterocycles. The minimum absolute atomic E-state index is 0.157. The normalized spacial score (nSPS) is 20.5. The molecule has 0 unspecified atom stereocenters. The highest BCUT2D eigenvalue weighted by molar-refractivity contribution is 6.24. The Morgan fingerprint density at radius 1 is 0.872 bits per heavy atom. The molecule has 2 aliphatic heterocycles. The molecular weight excluding hydrogens is 622 g/mol. The lowest BCUT2D eigenvalue weighted by molar-refractivity contribution is -0.445. The van der Waals surface area contributed by atoms with Crippen LogP contribution >= 0.6 is 0 Å². The molecule has 0 fully saturated rings. The number of hydrogen-bond acceptors (Lipinski definition) is 4. The van der Waals surface area contributed by atoms with Gasteiger partial charge in [0, 0.05) is 54.1 Å². The van der Waals surface area contributed by atoms with E-state index in [0.29, 0.717) is 59.4 Å². The van der Waals surface area contributed by atoms with E-state index >= 15 is 0 Å². The number of rotatable bonds is 8. The third-order valence-electron chi connectivity index (χ3n) is 9.25. The average molecular weight is 662 g/mol. The van der Waals surface area contributed by atoms with Crippen molar-refractivity contribution in [3.05, 3.63) is 93.4 Å². The Kier molecular flexibility index (Phi) is 8.57. The van der Waals surface area contributed by atoms with Gasteiger partial charge in [-0.3, -0.25) is 4.79 Å². The number of hydrogen-bond donors (Lipinski definition) is 0. The molecule has 0 atom stereocenters. The Hall–Kier alpha value is -3.86. The van der Waals surface area contributed by atoms with Gasteiger partial charge in [-0.25, -0.2) is 0 Å². The number of benzene rings is 2. The van der Waals surface area contributed by atoms with Crippen molar-refractivity contribution in [3.63, 3.8) is 0 Å². The van der Waals surface area contributed by atoms with Crippen LogP contribution in [0.2, 0.25) is 0 Å². The number of Topliss-reactive ketones (excluding diaryl/α,β-unsaturated/α-hetero) is 1. The number of alkyl halides is 6. The van der Waals surface area contributed by atoms with Crippen LogP contribution in [0.15, 0.2) is 71.2 Å². The summed E-state index contributed by atoms with van der Waals surface area (Å²) in [6.07, 6.45) is -5.66. The van der Waals surface area contributed by atoms with E-state index in [1.165, 1.54) is 32.4 Å². The van der Waals surface area contributed by atoms with Gasteiger partial charge in [-0.05, 0) is 55.8 Å². The standard InChI is InChI=1S/C36H39F6N2O3/c1-20(2)19-44-28-12-10-22(36(40,41)42)16-26(28)34(5,6)30(44)18-24-31(45)23(32(24)47-8)17-29-33(3,4)25-15-21(35(37,38)39)9-11-27(25)43(29)13-14-46-7/h9-12,15-18,20H,13-14,19H2,1-8H3/q+1. The maximum Gasteiger partial charge on any atom is 0.416 e. The number of allylic oxidation sites excluding steroid dienone is 5. The van der Waals surface area contributed by atoms with E-state index in [-0.39, 0.29) is 22.8 Å². The van der Waals surface area contributed by atoms with E-state index < -0.39 is 34.3 Å². The van der Waals surface area contributed by atoms with Gasteiger partial charge in [-0.1, -0.05) is 27.7 Å². The summed E-state index contributed by atoms with van der Waals surface area (Å²) in [5, 5.41) is 0. The van der Waals surface area contributed by atoms with E-state index in [1.807, 2.05) is 51.0 Å². The van der Waals surface area contributed by atoms with E-state index in [2.05, 4.69) is 0 Å². The number of nitrogens with zero attached hydrogens (tertiary/aromatic N) is 2. The number of methoxy groups -OCH3 is 2. The molecule has 0 spiro atoms. The summed E-state index contributed by atoms with van der Waals surface area (Å²) in [5.74, 6) is 0.129. The van der Waals surface area contributed by atoms with Crippen molar-refractivity contribution < 1.29 is 45.2 Å². The molecule has 3 aliphatic rings. The summed E-state index contributed by atoms with van der Waals surface area (Å²) in [6, 6.07) is 7.38. The third-order valence-corrected chi connectivity index (χ3v) is 9.25. The minimum atomic E-state index is -4.52. The van der Waals surface area contributed by atoms with Crippen LogP contribution in [0.1, 0.15) is 63.8 Å². The Balaban J connectivity index is 1.63. The topological polar surface area (TPSA) is 41.8 Å². The quantitative estimate of drug-likeness (QED) is 0.162. The fraction of sp³-hybridized carbons (Fsp3) is 0.444. The number of ether oxygens (including phenoxy) is 2. The fourth-order valence-electron chi connectivity index (χ4n) is 6.80. The van der Waals surface area contributed by atoms with Crippen LogP contribution in [0.25, 0.3) is 0 Å². The lowest BCUT2D eigenvalue weighted by Gasteiger charge is -2.30. The molecule has 11 heteroatoms. The molecule has 2 heterocycles. The number of anilines is 1. The van der Waals surface area contributed by atoms with Crippen LogP contribution in [-0.4, -0.2) is 50.0 Å². The fourth-order valence-corrected chi connectivity index (χ4v) is 6.80. The van der Waals surface area contributed by atoms with E-state index in [4.69, 9.17) is 9.47 Å². The van der Waals surface area contributed by atoms with Crippen LogP contribution in [-0.2, 0) is 37.5 Å². The summed E-state index contributed by atoms with van der Waals surface area (Å²) < 4.78 is 95.1. The first-order chi connectivity index (χ1) is 21.7. The van der Waals surface area contributed by atoms with Gasteiger partial charge in [0.05, 0.1) is 41.4 Å². The smallest absolute Gasteiger partial charge is 0.416 e. The second-order valence-electron chi connectivity index (χ2n) is 13.6. The molecule has 0 amide bonds. The zero-order chi connectivity index (χ0) is 34.9. The largest absolute Gasteiger partial charge is 0.495 e. The van der Waals surface area contributed by atoms with Gasteiger partial charge < -0.3 is 14.4 Å². The van der Waals surface area contributed by atoms with Gasteiger partial charge in [-0.15, -0.1) is 0 Å². The molecule has 0 saturated carbocycles. The highest BCUT2D eigenvalue weighted by Gasteiger charge is 2.49. The first kappa shape index (κ1) is 34.5. The van der Waals surface area contributed by atoms with Gasteiger partial charge in [0.1, 0.15) is 5.76 Å². The summed E-state index contributed by atoms with van der Waals surface area (Å²) in [5.41, 5.74) is 0.776. The number of carbonyl (C=O) groups is 1. The van der Waals surface area contributed by atoms with Gasteiger partial charge in [-0.2, -0.15) is 30.9 Å². The molecule has 0 N–H and O–H groups in total. The molecule has 0 radical (unpaired) electrons. The Bertz CT molecular complexity index is 1760. The molecule has 252 valence electrons. The van der Waals surface area contributed by atoms with Crippen molar-refractivity contribution in [2.24, 2.45) is 5.92 Å². The molecule has 2 aromatic rings. The summed E-state index contributed by atoms with van der Waals surface area (Å²) in [7, 11) is 2.96. The lowest BCUT2D eigenvalue weighted by Crippen LogP contribution is -2.33. The van der Waals surface area contributed by atoms with E-state index in [9.17, 15) is 31.1 Å². The Labute approximate surface area is 270 Å². The third kappa shape index (κ3) is 5.81. The van der Waals surface area contributed by atoms with Crippen LogP contribution in [0.4, 0.5) is 37.7 Å². The molecule has 5 nitrogen and oxygen atoms in total. The molecule has 2 aromatic carbocycles. The van der Waals surface area contributed by atoms with Crippen molar-refractivity contribution in [2.45, 2.75) is 64.7 Å². The Morgan fingerprint density at radius 2 is 1.47 bits per heavy atom. The van der Waals surface area contributed by atoms with Crippen molar-refractivity contribution in [1.82, 2.24) is 0 Å². The highest BCUT2D eigenvalue weighted by atomic mass is 19.4. The number of ketones is 1. The molecule has 5 rings (SSSR count). The molecular formula is C36H39F6N2O3+. The summed E-state index contributed by atoms with van der Waals surface area (Å²) in [4.78, 5) is 15.7. The number of carbonyl (C=O) groups excluding carboxylic acids is 1. The van der Waals surface area contributed by atoms with Gasteiger partial charge >= 0.3 is 12.4 Å². The lowest BCUT2D eigenvalue weighted by atomic mass is 9.77. The average Bonchev–Trinajstić information content (AvgIpc) is 3.31. The highest BCUT2D eigenvalue weighted by Crippen LogP contribution is 2.51.